The van der Waals surface area contributed by atoms with E-state index in [1.165, 1.54) is 24.3 Å². The lowest BCUT2D eigenvalue weighted by Crippen LogP contribution is -2.22. The first kappa shape index (κ1) is 23.2. The Labute approximate surface area is 201 Å². The Morgan fingerprint density at radius 1 is 0.914 bits per heavy atom. The van der Waals surface area contributed by atoms with Crippen molar-refractivity contribution in [3.63, 3.8) is 0 Å². The minimum atomic E-state index is -0.711. The van der Waals surface area contributed by atoms with E-state index in [1.54, 1.807) is 10.7 Å². The Hall–Kier alpha value is -4.92. The zero-order valence-corrected chi connectivity index (χ0v) is 18.9. The van der Waals surface area contributed by atoms with Gasteiger partial charge in [-0.25, -0.2) is 14.3 Å². The van der Waals surface area contributed by atoms with E-state index in [0.717, 1.165) is 16.8 Å². The standard InChI is InChI=1S/C26H23N5O4/c1-17-7-9-18(10-8-17)22-15-23(31(30-22)21-5-3-2-4-6-21)29-24(32)16-35-25(33)19-11-13-20(14-12-19)28-26(27)34/h2-15H,16H2,1H3,(H,29,32)(H3,27,28,34). The molecule has 0 saturated heterocycles. The Morgan fingerprint density at radius 2 is 1.60 bits per heavy atom. The highest BCUT2D eigenvalue weighted by Crippen LogP contribution is 2.25. The maximum absolute atomic E-state index is 12.6. The Bertz CT molecular complexity index is 1350. The summed E-state index contributed by atoms with van der Waals surface area (Å²) in [5.74, 6) is -0.754. The van der Waals surface area contributed by atoms with Gasteiger partial charge in [-0.05, 0) is 43.3 Å². The van der Waals surface area contributed by atoms with Crippen LogP contribution in [0.4, 0.5) is 16.3 Å². The molecule has 9 heteroatoms. The Morgan fingerprint density at radius 3 is 2.26 bits per heavy atom. The van der Waals surface area contributed by atoms with Crippen molar-refractivity contribution in [3.05, 3.63) is 96.1 Å². The van der Waals surface area contributed by atoms with Crippen LogP contribution in [0.15, 0.2) is 84.9 Å². The van der Waals surface area contributed by atoms with E-state index in [-0.39, 0.29) is 5.56 Å². The highest BCUT2D eigenvalue weighted by Gasteiger charge is 2.16. The quantitative estimate of drug-likeness (QED) is 0.351. The number of aryl methyl sites for hydroxylation is 1. The Balaban J connectivity index is 1.46. The van der Waals surface area contributed by atoms with Crippen molar-refractivity contribution in [3.8, 4) is 16.9 Å². The van der Waals surface area contributed by atoms with Gasteiger partial charge in [-0.15, -0.1) is 0 Å². The number of nitrogens with one attached hydrogen (secondary N) is 2. The number of carbonyl (C=O) groups excluding carboxylic acids is 3. The summed E-state index contributed by atoms with van der Waals surface area (Å²) >= 11 is 0. The number of hydrogen-bond donors (Lipinski definition) is 3. The summed E-state index contributed by atoms with van der Waals surface area (Å²) in [6, 6.07) is 24.3. The molecule has 176 valence electrons. The number of carbonyl (C=O) groups is 3. The fraction of sp³-hybridized carbons (Fsp3) is 0.0769. The molecule has 4 N–H and O–H groups in total. The van der Waals surface area contributed by atoms with Gasteiger partial charge in [0.05, 0.1) is 16.9 Å². The van der Waals surface area contributed by atoms with Crippen LogP contribution in [0.25, 0.3) is 16.9 Å². The number of benzene rings is 3. The molecule has 0 bridgehead atoms. The van der Waals surface area contributed by atoms with Crippen molar-refractivity contribution in [1.29, 1.82) is 0 Å². The molecule has 4 aromatic rings. The SMILES string of the molecule is Cc1ccc(-c2cc(NC(=O)COC(=O)c3ccc(NC(N)=O)cc3)n(-c3ccccc3)n2)cc1. The number of urea groups is 1. The van der Waals surface area contributed by atoms with Gasteiger partial charge in [-0.1, -0.05) is 48.0 Å². The third-order valence-corrected chi connectivity index (χ3v) is 5.05. The van der Waals surface area contributed by atoms with E-state index in [0.29, 0.717) is 17.2 Å². The molecular formula is C26H23N5O4. The number of nitrogens with zero attached hydrogens (tertiary/aromatic N) is 2. The van der Waals surface area contributed by atoms with Crippen LogP contribution in [0.5, 0.6) is 0 Å². The highest BCUT2D eigenvalue weighted by atomic mass is 16.5. The zero-order valence-electron chi connectivity index (χ0n) is 18.9. The van der Waals surface area contributed by atoms with Gasteiger partial charge in [0.15, 0.2) is 6.61 Å². The second kappa shape index (κ2) is 10.3. The van der Waals surface area contributed by atoms with Crippen LogP contribution in [-0.4, -0.2) is 34.3 Å². The van der Waals surface area contributed by atoms with Gasteiger partial charge in [0.25, 0.3) is 5.91 Å². The third kappa shape index (κ3) is 5.91. The molecule has 1 aromatic heterocycles. The molecule has 0 aliphatic heterocycles. The van der Waals surface area contributed by atoms with E-state index in [1.807, 2.05) is 61.5 Å². The van der Waals surface area contributed by atoms with Crippen molar-refractivity contribution < 1.29 is 19.1 Å². The molecule has 0 aliphatic carbocycles. The minimum absolute atomic E-state index is 0.226. The van der Waals surface area contributed by atoms with Gasteiger partial charge < -0.3 is 21.1 Å². The molecule has 1 heterocycles. The topological polar surface area (TPSA) is 128 Å². The van der Waals surface area contributed by atoms with E-state index < -0.39 is 24.5 Å². The first-order valence-corrected chi connectivity index (χ1v) is 10.7. The summed E-state index contributed by atoms with van der Waals surface area (Å²) in [7, 11) is 0. The van der Waals surface area contributed by atoms with E-state index in [9.17, 15) is 14.4 Å². The van der Waals surface area contributed by atoms with Gasteiger partial charge in [0, 0.05) is 17.3 Å². The van der Waals surface area contributed by atoms with Gasteiger partial charge >= 0.3 is 12.0 Å². The van der Waals surface area contributed by atoms with Crippen LogP contribution >= 0.6 is 0 Å². The monoisotopic (exact) mass is 469 g/mol. The normalized spacial score (nSPS) is 10.4. The van der Waals surface area contributed by atoms with Crippen LogP contribution in [-0.2, 0) is 9.53 Å². The first-order chi connectivity index (χ1) is 16.9. The molecule has 0 saturated carbocycles. The molecule has 0 radical (unpaired) electrons. The van der Waals surface area contributed by atoms with Gasteiger partial charge in [0.1, 0.15) is 5.82 Å². The van der Waals surface area contributed by atoms with Crippen molar-refractivity contribution >= 4 is 29.4 Å². The Kier molecular flexibility index (Phi) is 6.87. The summed E-state index contributed by atoms with van der Waals surface area (Å²) in [6.07, 6.45) is 0. The molecule has 0 aliphatic rings. The minimum Gasteiger partial charge on any atom is -0.452 e. The fourth-order valence-corrected chi connectivity index (χ4v) is 3.33. The smallest absolute Gasteiger partial charge is 0.338 e. The first-order valence-electron chi connectivity index (χ1n) is 10.7. The van der Waals surface area contributed by atoms with E-state index >= 15 is 0 Å². The molecule has 0 atom stereocenters. The molecule has 0 unspecified atom stereocenters. The van der Waals surface area contributed by atoms with Gasteiger partial charge in [0.2, 0.25) is 0 Å². The molecule has 4 rings (SSSR count). The molecule has 9 nitrogen and oxygen atoms in total. The van der Waals surface area contributed by atoms with Crippen LogP contribution in [0.3, 0.4) is 0 Å². The summed E-state index contributed by atoms with van der Waals surface area (Å²) in [5.41, 5.74) is 9.21. The van der Waals surface area contributed by atoms with Crippen LogP contribution in [0.1, 0.15) is 15.9 Å². The second-order valence-electron chi connectivity index (χ2n) is 7.72. The molecule has 35 heavy (non-hydrogen) atoms. The molecule has 0 fully saturated rings. The van der Waals surface area contributed by atoms with Gasteiger partial charge in [-0.3, -0.25) is 4.79 Å². The lowest BCUT2D eigenvalue weighted by Gasteiger charge is -2.09. The third-order valence-electron chi connectivity index (χ3n) is 5.05. The molecule has 3 aromatic carbocycles. The van der Waals surface area contributed by atoms with Crippen molar-refractivity contribution in [1.82, 2.24) is 9.78 Å². The number of hydrogen-bond acceptors (Lipinski definition) is 5. The summed E-state index contributed by atoms with van der Waals surface area (Å²) in [6.45, 7) is 1.52. The van der Waals surface area contributed by atoms with Gasteiger partial charge in [-0.2, -0.15) is 5.10 Å². The van der Waals surface area contributed by atoms with Crippen molar-refractivity contribution in [2.45, 2.75) is 6.92 Å². The number of aromatic nitrogens is 2. The average molecular weight is 470 g/mol. The molecule has 0 spiro atoms. The number of amides is 3. The van der Waals surface area contributed by atoms with Crippen molar-refractivity contribution in [2.24, 2.45) is 5.73 Å². The summed E-state index contributed by atoms with van der Waals surface area (Å²) < 4.78 is 6.76. The zero-order chi connectivity index (χ0) is 24.8. The second-order valence-corrected chi connectivity index (χ2v) is 7.72. The summed E-state index contributed by atoms with van der Waals surface area (Å²) in [4.78, 5) is 35.8. The predicted molar refractivity (Wildman–Crippen MR) is 132 cm³/mol. The molecule has 3 amide bonds. The average Bonchev–Trinajstić information content (AvgIpc) is 3.27. The van der Waals surface area contributed by atoms with Crippen molar-refractivity contribution in [2.75, 3.05) is 17.2 Å². The maximum atomic E-state index is 12.6. The lowest BCUT2D eigenvalue weighted by atomic mass is 10.1. The number of para-hydroxylation sites is 1. The highest BCUT2D eigenvalue weighted by molar-refractivity contribution is 5.96. The lowest BCUT2D eigenvalue weighted by molar-refractivity contribution is -0.119. The van der Waals surface area contributed by atoms with Crippen LogP contribution in [0.2, 0.25) is 0 Å². The van der Waals surface area contributed by atoms with Crippen LogP contribution in [0, 0.1) is 6.92 Å². The number of anilines is 2. The number of ether oxygens (including phenoxy) is 1. The number of primary amides is 1. The van der Waals surface area contributed by atoms with E-state index in [4.69, 9.17) is 10.5 Å². The largest absolute Gasteiger partial charge is 0.452 e. The summed E-state index contributed by atoms with van der Waals surface area (Å²) in [5, 5.41) is 9.83. The number of nitrogens with two attached hydrogens (primary N) is 1. The predicted octanol–water partition coefficient (Wildman–Crippen LogP) is 4.13. The molecular weight excluding hydrogens is 446 g/mol. The fourth-order valence-electron chi connectivity index (χ4n) is 3.33. The number of rotatable bonds is 7. The van der Waals surface area contributed by atoms with E-state index in [2.05, 4.69) is 15.7 Å². The maximum Gasteiger partial charge on any atom is 0.338 e. The van der Waals surface area contributed by atoms with Crippen LogP contribution < -0.4 is 16.4 Å². The number of esters is 1.